The van der Waals surface area contributed by atoms with Crippen molar-refractivity contribution in [1.82, 2.24) is 25.5 Å². The zero-order valence-electron chi connectivity index (χ0n) is 16.1. The largest absolute Gasteiger partial charge is 0.491 e. The first-order chi connectivity index (χ1) is 14.1. The molecule has 0 aliphatic heterocycles. The number of nitrogens with one attached hydrogen (secondary N) is 1. The lowest BCUT2D eigenvalue weighted by molar-refractivity contribution is 0.0242. The molecule has 0 aliphatic rings. The van der Waals surface area contributed by atoms with Crippen molar-refractivity contribution in [1.29, 1.82) is 0 Å². The van der Waals surface area contributed by atoms with E-state index in [1.165, 1.54) is 0 Å². The van der Waals surface area contributed by atoms with E-state index < -0.39 is 6.10 Å². The molecule has 0 saturated heterocycles. The molecule has 2 unspecified atom stereocenters. The fourth-order valence-corrected chi connectivity index (χ4v) is 2.92. The summed E-state index contributed by atoms with van der Waals surface area (Å²) >= 11 is 3.38. The average molecular weight is 462 g/mol. The molecule has 8 nitrogen and oxygen atoms in total. The average Bonchev–Trinajstić information content (AvgIpc) is 3.28. The summed E-state index contributed by atoms with van der Waals surface area (Å²) in [6, 6.07) is 15.6. The predicted octanol–water partition coefficient (Wildman–Crippen LogP) is 2.53. The number of nitrogens with zero attached hydrogens (tertiary/aromatic N) is 4. The predicted molar refractivity (Wildman–Crippen MR) is 112 cm³/mol. The molecule has 0 spiro atoms. The standard InChI is InChI=1S/C20H24BrN5O3/c1-15(16-2-6-18(7-3-16)26-14-23-24-25-26)22-12-19(27)13-28-10-11-29-20-8-4-17(21)5-9-20/h2-9,14-15,19,22,27H,10-13H2,1H3. The van der Waals surface area contributed by atoms with Gasteiger partial charge >= 0.3 is 0 Å². The van der Waals surface area contributed by atoms with E-state index in [-0.39, 0.29) is 12.6 Å². The quantitative estimate of drug-likeness (QED) is 0.423. The van der Waals surface area contributed by atoms with Gasteiger partial charge in [0, 0.05) is 17.1 Å². The number of aromatic nitrogens is 4. The molecule has 3 aromatic rings. The highest BCUT2D eigenvalue weighted by atomic mass is 79.9. The van der Waals surface area contributed by atoms with Crippen molar-refractivity contribution in [3.8, 4) is 11.4 Å². The van der Waals surface area contributed by atoms with Crippen LogP contribution in [0.5, 0.6) is 5.75 Å². The third-order valence-electron chi connectivity index (χ3n) is 4.29. The third kappa shape index (κ3) is 6.90. The molecule has 154 valence electrons. The maximum absolute atomic E-state index is 10.1. The first-order valence-corrected chi connectivity index (χ1v) is 10.1. The minimum atomic E-state index is -0.592. The molecule has 1 aromatic heterocycles. The Morgan fingerprint density at radius 3 is 2.55 bits per heavy atom. The molecule has 3 rings (SSSR count). The van der Waals surface area contributed by atoms with Crippen LogP contribution in [0.1, 0.15) is 18.5 Å². The summed E-state index contributed by atoms with van der Waals surface area (Å²) in [6.45, 7) is 3.59. The number of aliphatic hydroxyl groups excluding tert-OH is 1. The lowest BCUT2D eigenvalue weighted by Crippen LogP contribution is -2.32. The van der Waals surface area contributed by atoms with E-state index in [0.717, 1.165) is 21.5 Å². The normalized spacial score (nSPS) is 13.2. The molecular weight excluding hydrogens is 438 g/mol. The van der Waals surface area contributed by atoms with E-state index in [1.807, 2.05) is 55.5 Å². The lowest BCUT2D eigenvalue weighted by atomic mass is 10.1. The second-order valence-corrected chi connectivity index (χ2v) is 7.42. The second kappa shape index (κ2) is 11.0. The van der Waals surface area contributed by atoms with Crippen LogP contribution in [0.15, 0.2) is 59.3 Å². The Morgan fingerprint density at radius 2 is 1.86 bits per heavy atom. The zero-order valence-corrected chi connectivity index (χ0v) is 17.7. The highest BCUT2D eigenvalue weighted by Crippen LogP contribution is 2.16. The number of hydrogen-bond donors (Lipinski definition) is 2. The van der Waals surface area contributed by atoms with Gasteiger partial charge in [-0.3, -0.25) is 0 Å². The first-order valence-electron chi connectivity index (χ1n) is 9.32. The van der Waals surface area contributed by atoms with Crippen molar-refractivity contribution >= 4 is 15.9 Å². The van der Waals surface area contributed by atoms with Gasteiger partial charge in [-0.2, -0.15) is 0 Å². The Balaban J connectivity index is 1.31. The lowest BCUT2D eigenvalue weighted by Gasteiger charge is -2.18. The number of aliphatic hydroxyl groups is 1. The Kier molecular flexibility index (Phi) is 8.12. The number of tetrazole rings is 1. The molecule has 0 aliphatic carbocycles. The monoisotopic (exact) mass is 461 g/mol. The number of hydrogen-bond acceptors (Lipinski definition) is 7. The summed E-state index contributed by atoms with van der Waals surface area (Å²) in [6.07, 6.45) is 0.961. The Morgan fingerprint density at radius 1 is 1.10 bits per heavy atom. The number of rotatable bonds is 11. The fraction of sp³-hybridized carbons (Fsp3) is 0.350. The van der Waals surface area contributed by atoms with Gasteiger partial charge < -0.3 is 19.9 Å². The van der Waals surface area contributed by atoms with Gasteiger partial charge in [0.1, 0.15) is 18.7 Å². The second-order valence-electron chi connectivity index (χ2n) is 6.51. The molecule has 9 heteroatoms. The molecule has 0 radical (unpaired) electrons. The van der Waals surface area contributed by atoms with Gasteiger partial charge in [-0.1, -0.05) is 28.1 Å². The molecule has 1 heterocycles. The maximum Gasteiger partial charge on any atom is 0.143 e. The van der Waals surface area contributed by atoms with Crippen LogP contribution in [0.2, 0.25) is 0 Å². The van der Waals surface area contributed by atoms with E-state index in [0.29, 0.717) is 19.8 Å². The minimum absolute atomic E-state index is 0.0910. The molecule has 2 aromatic carbocycles. The molecule has 0 fully saturated rings. The summed E-state index contributed by atoms with van der Waals surface area (Å²) in [5, 5.41) is 24.5. The van der Waals surface area contributed by atoms with Crippen molar-refractivity contribution in [3.05, 3.63) is 64.9 Å². The van der Waals surface area contributed by atoms with E-state index in [2.05, 4.69) is 36.8 Å². The van der Waals surface area contributed by atoms with Gasteiger partial charge in [0.25, 0.3) is 0 Å². The fourth-order valence-electron chi connectivity index (χ4n) is 2.65. The maximum atomic E-state index is 10.1. The van der Waals surface area contributed by atoms with Gasteiger partial charge in [0.05, 0.1) is 25.0 Å². The topological polar surface area (TPSA) is 94.3 Å². The number of halogens is 1. The number of ether oxygens (including phenoxy) is 2. The van der Waals surface area contributed by atoms with Crippen molar-refractivity contribution in [3.63, 3.8) is 0 Å². The molecule has 0 bridgehead atoms. The Bertz CT molecular complexity index is 844. The summed E-state index contributed by atoms with van der Waals surface area (Å²) in [5.41, 5.74) is 2.00. The van der Waals surface area contributed by atoms with Gasteiger partial charge in [-0.25, -0.2) is 4.68 Å². The van der Waals surface area contributed by atoms with Crippen LogP contribution in [0.25, 0.3) is 5.69 Å². The van der Waals surface area contributed by atoms with E-state index in [1.54, 1.807) is 11.0 Å². The van der Waals surface area contributed by atoms with E-state index >= 15 is 0 Å². The van der Waals surface area contributed by atoms with Crippen molar-refractivity contribution in [2.75, 3.05) is 26.4 Å². The van der Waals surface area contributed by atoms with E-state index in [4.69, 9.17) is 9.47 Å². The first kappa shape index (κ1) is 21.4. The van der Waals surface area contributed by atoms with Gasteiger partial charge in [-0.05, 0) is 59.3 Å². The molecule has 0 amide bonds. The smallest absolute Gasteiger partial charge is 0.143 e. The third-order valence-corrected chi connectivity index (χ3v) is 4.82. The van der Waals surface area contributed by atoms with Crippen LogP contribution < -0.4 is 10.1 Å². The molecule has 2 atom stereocenters. The SMILES string of the molecule is CC(NCC(O)COCCOc1ccc(Br)cc1)c1ccc(-n2cnnn2)cc1. The minimum Gasteiger partial charge on any atom is -0.491 e. The van der Waals surface area contributed by atoms with Crippen LogP contribution in [0.4, 0.5) is 0 Å². The highest BCUT2D eigenvalue weighted by molar-refractivity contribution is 9.10. The highest BCUT2D eigenvalue weighted by Gasteiger charge is 2.10. The summed E-state index contributed by atoms with van der Waals surface area (Å²) in [4.78, 5) is 0. The van der Waals surface area contributed by atoms with Crippen LogP contribution in [-0.2, 0) is 4.74 Å². The summed E-state index contributed by atoms with van der Waals surface area (Å²) in [7, 11) is 0. The summed E-state index contributed by atoms with van der Waals surface area (Å²) < 4.78 is 13.7. The van der Waals surface area contributed by atoms with Gasteiger partial charge in [-0.15, -0.1) is 5.10 Å². The molecular formula is C20H24BrN5O3. The van der Waals surface area contributed by atoms with Crippen LogP contribution in [-0.4, -0.2) is 57.8 Å². The Labute approximate surface area is 178 Å². The van der Waals surface area contributed by atoms with Crippen molar-refractivity contribution in [2.24, 2.45) is 0 Å². The molecule has 0 saturated carbocycles. The van der Waals surface area contributed by atoms with Crippen molar-refractivity contribution in [2.45, 2.75) is 19.1 Å². The molecule has 2 N–H and O–H groups in total. The molecule has 29 heavy (non-hydrogen) atoms. The Hall–Kier alpha value is -2.33. The van der Waals surface area contributed by atoms with Crippen LogP contribution >= 0.6 is 15.9 Å². The van der Waals surface area contributed by atoms with Crippen molar-refractivity contribution < 1.29 is 14.6 Å². The van der Waals surface area contributed by atoms with Gasteiger partial charge in [0.2, 0.25) is 0 Å². The van der Waals surface area contributed by atoms with Crippen LogP contribution in [0.3, 0.4) is 0 Å². The van der Waals surface area contributed by atoms with E-state index in [9.17, 15) is 5.11 Å². The zero-order chi connectivity index (χ0) is 20.5. The van der Waals surface area contributed by atoms with Gasteiger partial charge in [0.15, 0.2) is 0 Å². The number of benzene rings is 2. The summed E-state index contributed by atoms with van der Waals surface area (Å²) in [5.74, 6) is 0.791. The van der Waals surface area contributed by atoms with Crippen LogP contribution in [0, 0.1) is 0 Å².